The summed E-state index contributed by atoms with van der Waals surface area (Å²) in [5.74, 6) is -0.968. The van der Waals surface area contributed by atoms with Gasteiger partial charge in [-0.3, -0.25) is 4.90 Å². The Bertz CT molecular complexity index is 648. The number of aryl methyl sites for hydroxylation is 1. The van der Waals surface area contributed by atoms with Gasteiger partial charge in [0, 0.05) is 24.2 Å². The Balaban J connectivity index is 1.78. The van der Waals surface area contributed by atoms with Gasteiger partial charge in [0.25, 0.3) is 0 Å². The molecule has 7 heteroatoms. The molecule has 126 valence electrons. The molecule has 0 bridgehead atoms. The number of hydrogen-bond donors (Lipinski definition) is 1. The van der Waals surface area contributed by atoms with Crippen LogP contribution in [0.15, 0.2) is 12.5 Å². The second kappa shape index (κ2) is 4.97. The number of fused-ring (bicyclic) bond motifs is 1. The summed E-state index contributed by atoms with van der Waals surface area (Å²) in [6, 6.07) is -0.880. The van der Waals surface area contributed by atoms with Crippen molar-refractivity contribution in [1.82, 2.24) is 14.5 Å². The van der Waals surface area contributed by atoms with Gasteiger partial charge >= 0.3 is 12.1 Å². The number of hydrogen-bond acceptors (Lipinski definition) is 4. The number of carbonyl (C=O) groups excluding carboxylic acids is 1. The number of likely N-dealkylation sites (tertiary alicyclic amines) is 1. The summed E-state index contributed by atoms with van der Waals surface area (Å²) >= 11 is 0. The van der Waals surface area contributed by atoms with Crippen LogP contribution in [0.1, 0.15) is 39.3 Å². The van der Waals surface area contributed by atoms with Crippen molar-refractivity contribution in [2.45, 2.75) is 64.8 Å². The van der Waals surface area contributed by atoms with Crippen LogP contribution >= 0.6 is 0 Å². The predicted molar refractivity (Wildman–Crippen MR) is 81.9 cm³/mol. The van der Waals surface area contributed by atoms with E-state index >= 15 is 0 Å². The number of piperidine rings is 1. The largest absolute Gasteiger partial charge is 0.480 e. The summed E-state index contributed by atoms with van der Waals surface area (Å²) in [5.41, 5.74) is 0.116. The number of nitrogens with zero attached hydrogens (tertiary/aromatic N) is 3. The summed E-state index contributed by atoms with van der Waals surface area (Å²) in [6.45, 7) is 7.95. The Morgan fingerprint density at radius 3 is 2.65 bits per heavy atom. The monoisotopic (exact) mass is 321 g/mol. The molecule has 0 aromatic carbocycles. The number of rotatable bonds is 3. The van der Waals surface area contributed by atoms with Gasteiger partial charge in [0.1, 0.15) is 11.6 Å². The zero-order chi connectivity index (χ0) is 17.0. The topological polar surface area (TPSA) is 84.7 Å². The minimum Gasteiger partial charge on any atom is -0.480 e. The van der Waals surface area contributed by atoms with E-state index in [1.165, 1.54) is 4.90 Å². The van der Waals surface area contributed by atoms with Gasteiger partial charge in [-0.2, -0.15) is 0 Å². The fraction of sp³-hybridized carbons (Fsp3) is 0.688. The number of carboxylic acids is 1. The first-order chi connectivity index (χ1) is 10.6. The molecule has 1 saturated carbocycles. The maximum Gasteiger partial charge on any atom is 0.411 e. The summed E-state index contributed by atoms with van der Waals surface area (Å²) in [4.78, 5) is 29.6. The molecule has 1 aromatic rings. The van der Waals surface area contributed by atoms with Crippen molar-refractivity contribution in [1.29, 1.82) is 0 Å². The number of aromatic nitrogens is 2. The van der Waals surface area contributed by atoms with Crippen LogP contribution in [-0.4, -0.2) is 49.3 Å². The van der Waals surface area contributed by atoms with Gasteiger partial charge in [0.15, 0.2) is 0 Å². The van der Waals surface area contributed by atoms with Crippen molar-refractivity contribution in [2.75, 3.05) is 0 Å². The van der Waals surface area contributed by atoms with Crippen LogP contribution in [0.25, 0.3) is 0 Å². The second-order valence-corrected chi connectivity index (χ2v) is 7.72. The van der Waals surface area contributed by atoms with Crippen LogP contribution in [0.5, 0.6) is 0 Å². The van der Waals surface area contributed by atoms with Gasteiger partial charge in [-0.15, -0.1) is 0 Å². The van der Waals surface area contributed by atoms with E-state index in [1.807, 2.05) is 17.7 Å². The molecule has 2 fully saturated rings. The van der Waals surface area contributed by atoms with E-state index in [0.29, 0.717) is 13.0 Å². The number of amides is 1. The first-order valence-corrected chi connectivity index (χ1v) is 7.84. The lowest BCUT2D eigenvalue weighted by Gasteiger charge is -2.28. The fourth-order valence-corrected chi connectivity index (χ4v) is 3.57. The van der Waals surface area contributed by atoms with Gasteiger partial charge in [-0.05, 0) is 40.5 Å². The normalized spacial score (nSPS) is 29.3. The van der Waals surface area contributed by atoms with Crippen molar-refractivity contribution in [2.24, 2.45) is 5.41 Å². The maximum absolute atomic E-state index is 12.4. The standard InChI is InChI=1S/C16H23N3O4/c1-10-7-18(9-17-10)8-16-5-11(13(20)21)19(12(16)6-16)14(22)23-15(2,3)4/h7,9,11-12H,5-6,8H2,1-4H3,(H,20,21)/t11?,12-,16+/m1/s1. The first kappa shape index (κ1) is 15.8. The lowest BCUT2D eigenvalue weighted by molar-refractivity contribution is -0.142. The van der Waals surface area contributed by atoms with E-state index in [-0.39, 0.29) is 11.5 Å². The van der Waals surface area contributed by atoms with E-state index in [2.05, 4.69) is 4.98 Å². The highest BCUT2D eigenvalue weighted by molar-refractivity contribution is 5.82. The Hall–Kier alpha value is -2.05. The molecule has 1 unspecified atom stereocenters. The van der Waals surface area contributed by atoms with E-state index in [4.69, 9.17) is 4.74 Å². The van der Waals surface area contributed by atoms with E-state index < -0.39 is 23.7 Å². The van der Waals surface area contributed by atoms with Crippen LogP contribution in [0.2, 0.25) is 0 Å². The van der Waals surface area contributed by atoms with Crippen molar-refractivity contribution < 1.29 is 19.4 Å². The second-order valence-electron chi connectivity index (χ2n) is 7.72. The highest BCUT2D eigenvalue weighted by Gasteiger charge is 2.68. The number of aliphatic carboxylic acids is 1. The average Bonchev–Trinajstić information content (AvgIpc) is 2.74. The number of imidazole rings is 1. The highest BCUT2D eigenvalue weighted by Crippen LogP contribution is 2.60. The van der Waals surface area contributed by atoms with Crippen LogP contribution in [-0.2, 0) is 16.1 Å². The Morgan fingerprint density at radius 1 is 1.43 bits per heavy atom. The molecule has 1 aromatic heterocycles. The molecule has 23 heavy (non-hydrogen) atoms. The molecule has 1 saturated heterocycles. The Kier molecular flexibility index (Phi) is 3.42. The predicted octanol–water partition coefficient (Wildman–Crippen LogP) is 2.04. The molecule has 0 spiro atoms. The van der Waals surface area contributed by atoms with Gasteiger partial charge in [-0.25, -0.2) is 14.6 Å². The quantitative estimate of drug-likeness (QED) is 0.921. The zero-order valence-corrected chi connectivity index (χ0v) is 13.9. The summed E-state index contributed by atoms with van der Waals surface area (Å²) < 4.78 is 7.38. The third kappa shape index (κ3) is 2.92. The van der Waals surface area contributed by atoms with E-state index in [1.54, 1.807) is 27.1 Å². The minimum absolute atomic E-state index is 0.0684. The molecule has 3 atom stereocenters. The lowest BCUT2D eigenvalue weighted by Crippen LogP contribution is -2.45. The number of carbonyl (C=O) groups is 2. The molecular weight excluding hydrogens is 298 g/mol. The van der Waals surface area contributed by atoms with Gasteiger partial charge in [-0.1, -0.05) is 0 Å². The third-order valence-electron chi connectivity index (χ3n) is 4.57. The smallest absolute Gasteiger partial charge is 0.411 e. The van der Waals surface area contributed by atoms with E-state index in [0.717, 1.165) is 12.1 Å². The molecule has 2 heterocycles. The van der Waals surface area contributed by atoms with Crippen LogP contribution in [0.4, 0.5) is 4.79 Å². The molecule has 7 nitrogen and oxygen atoms in total. The van der Waals surface area contributed by atoms with Crippen molar-refractivity contribution in [3.05, 3.63) is 18.2 Å². The minimum atomic E-state index is -0.968. The van der Waals surface area contributed by atoms with Crippen LogP contribution < -0.4 is 0 Å². The zero-order valence-electron chi connectivity index (χ0n) is 13.9. The molecular formula is C16H23N3O4. The van der Waals surface area contributed by atoms with Gasteiger partial charge < -0.3 is 14.4 Å². The molecule has 1 amide bonds. The third-order valence-corrected chi connectivity index (χ3v) is 4.57. The maximum atomic E-state index is 12.4. The fourth-order valence-electron chi connectivity index (χ4n) is 3.57. The molecule has 1 aliphatic heterocycles. The first-order valence-electron chi connectivity index (χ1n) is 7.84. The number of ether oxygens (including phenoxy) is 1. The molecule has 3 rings (SSSR count). The van der Waals surface area contributed by atoms with Crippen molar-refractivity contribution in [3.8, 4) is 0 Å². The summed E-state index contributed by atoms with van der Waals surface area (Å²) in [7, 11) is 0. The van der Waals surface area contributed by atoms with Crippen LogP contribution in [0.3, 0.4) is 0 Å². The highest BCUT2D eigenvalue weighted by atomic mass is 16.6. The molecule has 1 N–H and O–H groups in total. The summed E-state index contributed by atoms with van der Waals surface area (Å²) in [5, 5.41) is 9.49. The number of carboxylic acid groups (broad SMARTS) is 1. The Labute approximate surface area is 135 Å². The molecule has 1 aliphatic carbocycles. The van der Waals surface area contributed by atoms with Crippen molar-refractivity contribution in [3.63, 3.8) is 0 Å². The summed E-state index contributed by atoms with van der Waals surface area (Å²) in [6.07, 6.45) is 4.44. The molecule has 2 aliphatic rings. The lowest BCUT2D eigenvalue weighted by atomic mass is 9.99. The van der Waals surface area contributed by atoms with Gasteiger partial charge in [0.2, 0.25) is 0 Å². The Morgan fingerprint density at radius 2 is 2.13 bits per heavy atom. The van der Waals surface area contributed by atoms with E-state index in [9.17, 15) is 14.7 Å². The SMILES string of the molecule is Cc1cn(C[C@@]23CC(C(=O)O)N(C(=O)OC(C)(C)C)[C@@H]2C3)cn1. The van der Waals surface area contributed by atoms with Crippen LogP contribution in [0, 0.1) is 12.3 Å². The van der Waals surface area contributed by atoms with Gasteiger partial charge in [0.05, 0.1) is 12.0 Å². The average molecular weight is 321 g/mol. The van der Waals surface area contributed by atoms with Crippen molar-refractivity contribution >= 4 is 12.1 Å². The molecule has 0 radical (unpaired) electrons.